The topological polar surface area (TPSA) is 88.2 Å². The fraction of sp³-hybridized carbons (Fsp3) is 0.632. The van der Waals surface area contributed by atoms with E-state index < -0.39 is 0 Å². The number of thiophene rings is 1. The van der Waals surface area contributed by atoms with Gasteiger partial charge >= 0.3 is 5.97 Å². The molecule has 0 unspecified atom stereocenters. The van der Waals surface area contributed by atoms with E-state index in [4.69, 9.17) is 4.74 Å². The normalized spacial score (nSPS) is 14.6. The lowest BCUT2D eigenvalue weighted by Gasteiger charge is -2.33. The van der Waals surface area contributed by atoms with Crippen molar-refractivity contribution in [1.82, 2.24) is 9.80 Å². The molecule has 1 aliphatic rings. The molecule has 0 saturated carbocycles. The van der Waals surface area contributed by atoms with Gasteiger partial charge in [0.25, 0.3) is 6.47 Å². The van der Waals surface area contributed by atoms with Crippen molar-refractivity contribution in [2.45, 2.75) is 27.7 Å². The lowest BCUT2D eigenvalue weighted by Crippen LogP contribution is -2.48. The third kappa shape index (κ3) is 8.37. The first kappa shape index (κ1) is 24.1. The van der Waals surface area contributed by atoms with Crippen molar-refractivity contribution in [2.24, 2.45) is 0 Å². The predicted molar refractivity (Wildman–Crippen MR) is 110 cm³/mol. The monoisotopic (exact) mass is 413 g/mol. The van der Waals surface area contributed by atoms with Crippen LogP contribution in [-0.2, 0) is 19.1 Å². The number of hydrogen-bond acceptors (Lipinski definition) is 8. The maximum absolute atomic E-state index is 12.2. The SMILES string of the molecule is CCOC(=O)c1sc(NC(=O)CN2CCN(CC)CC2)cc1C.CCOC=O. The van der Waals surface area contributed by atoms with Crippen LogP contribution in [0.1, 0.15) is 36.0 Å². The lowest BCUT2D eigenvalue weighted by molar-refractivity contribution is -0.128. The molecule has 1 aromatic heterocycles. The summed E-state index contributed by atoms with van der Waals surface area (Å²) in [6, 6.07) is 1.82. The number of ether oxygens (including phenoxy) is 2. The van der Waals surface area contributed by atoms with E-state index in [-0.39, 0.29) is 11.9 Å². The van der Waals surface area contributed by atoms with Crippen molar-refractivity contribution in [1.29, 1.82) is 0 Å². The van der Waals surface area contributed by atoms with E-state index in [1.807, 2.05) is 13.0 Å². The van der Waals surface area contributed by atoms with Gasteiger partial charge < -0.3 is 19.7 Å². The lowest BCUT2D eigenvalue weighted by atomic mass is 10.3. The summed E-state index contributed by atoms with van der Waals surface area (Å²) < 4.78 is 9.17. The molecule has 158 valence electrons. The first-order chi connectivity index (χ1) is 13.4. The number of anilines is 1. The first-order valence-electron chi connectivity index (χ1n) is 9.52. The van der Waals surface area contributed by atoms with Gasteiger partial charge in [-0.2, -0.15) is 0 Å². The maximum atomic E-state index is 12.2. The average molecular weight is 414 g/mol. The number of hydrogen-bond donors (Lipinski definition) is 1. The summed E-state index contributed by atoms with van der Waals surface area (Å²) in [4.78, 5) is 38.3. The summed E-state index contributed by atoms with van der Waals surface area (Å²) >= 11 is 1.27. The average Bonchev–Trinajstić information content (AvgIpc) is 3.04. The molecule has 0 spiro atoms. The Kier molecular flexibility index (Phi) is 11.4. The zero-order valence-electron chi connectivity index (χ0n) is 17.2. The van der Waals surface area contributed by atoms with Crippen LogP contribution >= 0.6 is 11.3 Å². The van der Waals surface area contributed by atoms with Crippen molar-refractivity contribution in [3.63, 3.8) is 0 Å². The van der Waals surface area contributed by atoms with Gasteiger partial charge in [-0.25, -0.2) is 4.79 Å². The van der Waals surface area contributed by atoms with Gasteiger partial charge in [0.1, 0.15) is 4.88 Å². The van der Waals surface area contributed by atoms with Gasteiger partial charge in [-0.3, -0.25) is 14.5 Å². The second kappa shape index (κ2) is 13.2. The smallest absolute Gasteiger partial charge is 0.348 e. The van der Waals surface area contributed by atoms with Crippen LogP contribution in [0.2, 0.25) is 0 Å². The number of esters is 1. The Bertz CT molecular complexity index is 627. The number of aryl methyl sites for hydroxylation is 1. The van der Waals surface area contributed by atoms with Crippen molar-refractivity contribution < 1.29 is 23.9 Å². The summed E-state index contributed by atoms with van der Waals surface area (Å²) in [6.07, 6.45) is 0. The highest BCUT2D eigenvalue weighted by atomic mass is 32.1. The van der Waals surface area contributed by atoms with Gasteiger partial charge in [-0.1, -0.05) is 6.92 Å². The van der Waals surface area contributed by atoms with Gasteiger partial charge in [-0.05, 0) is 38.9 Å². The molecule has 9 heteroatoms. The third-order valence-electron chi connectivity index (χ3n) is 4.16. The van der Waals surface area contributed by atoms with Gasteiger partial charge in [0, 0.05) is 26.2 Å². The number of carbonyl (C=O) groups excluding carboxylic acids is 3. The summed E-state index contributed by atoms with van der Waals surface area (Å²) in [5, 5.41) is 3.59. The highest BCUT2D eigenvalue weighted by molar-refractivity contribution is 7.18. The standard InChI is InChI=1S/C16H25N3O3S.C3H6O2/c1-4-18-6-8-19(9-7-18)11-13(20)17-14-10-12(3)15(23-14)16(21)22-5-2;1-2-5-3-4/h10H,4-9,11H2,1-3H3,(H,17,20);3H,2H2,1H3. The molecule has 1 saturated heterocycles. The van der Waals surface area contributed by atoms with Crippen LogP contribution in [0.5, 0.6) is 0 Å². The molecule has 1 aliphatic heterocycles. The Morgan fingerprint density at radius 2 is 1.79 bits per heavy atom. The molecule has 1 aromatic rings. The largest absolute Gasteiger partial charge is 0.468 e. The van der Waals surface area contributed by atoms with Crippen LogP contribution in [0.4, 0.5) is 5.00 Å². The fourth-order valence-electron chi connectivity index (χ4n) is 2.65. The molecule has 1 amide bonds. The van der Waals surface area contributed by atoms with E-state index in [1.54, 1.807) is 13.8 Å². The number of rotatable bonds is 8. The van der Waals surface area contributed by atoms with E-state index in [0.29, 0.717) is 36.1 Å². The molecule has 0 aliphatic carbocycles. The summed E-state index contributed by atoms with van der Waals surface area (Å²) in [5.74, 6) is -0.363. The summed E-state index contributed by atoms with van der Waals surface area (Å²) in [7, 11) is 0. The molecular weight excluding hydrogens is 382 g/mol. The second-order valence-corrected chi connectivity index (χ2v) is 7.21. The van der Waals surface area contributed by atoms with E-state index in [1.165, 1.54) is 11.3 Å². The molecule has 8 nitrogen and oxygen atoms in total. The Labute approximate surface area is 170 Å². The van der Waals surface area contributed by atoms with Gasteiger partial charge in [0.2, 0.25) is 5.91 Å². The van der Waals surface area contributed by atoms with Crippen molar-refractivity contribution in [3.8, 4) is 0 Å². The molecule has 1 fully saturated rings. The molecule has 2 heterocycles. The minimum atomic E-state index is -0.328. The van der Waals surface area contributed by atoms with Crippen LogP contribution < -0.4 is 5.32 Å². The number of piperazine rings is 1. The Morgan fingerprint density at radius 1 is 1.14 bits per heavy atom. The van der Waals surface area contributed by atoms with Gasteiger partial charge in [0.05, 0.1) is 24.8 Å². The Morgan fingerprint density at radius 3 is 2.29 bits per heavy atom. The highest BCUT2D eigenvalue weighted by Gasteiger charge is 2.19. The predicted octanol–water partition coefficient (Wildman–Crippen LogP) is 1.99. The minimum Gasteiger partial charge on any atom is -0.468 e. The van der Waals surface area contributed by atoms with Gasteiger partial charge in [0.15, 0.2) is 0 Å². The number of nitrogens with one attached hydrogen (secondary N) is 1. The van der Waals surface area contributed by atoms with E-state index in [0.717, 1.165) is 38.3 Å². The number of likely N-dealkylation sites (N-methyl/N-ethyl adjacent to an activating group) is 1. The van der Waals surface area contributed by atoms with E-state index in [9.17, 15) is 14.4 Å². The molecule has 0 radical (unpaired) electrons. The van der Waals surface area contributed by atoms with Crippen molar-refractivity contribution in [3.05, 3.63) is 16.5 Å². The van der Waals surface area contributed by atoms with Gasteiger partial charge in [-0.15, -0.1) is 11.3 Å². The second-order valence-electron chi connectivity index (χ2n) is 6.15. The zero-order chi connectivity index (χ0) is 20.9. The van der Waals surface area contributed by atoms with Crippen LogP contribution in [0.25, 0.3) is 0 Å². The number of amides is 1. The fourth-order valence-corrected chi connectivity index (χ4v) is 3.64. The number of nitrogens with zero attached hydrogens (tertiary/aromatic N) is 2. The molecule has 0 bridgehead atoms. The van der Waals surface area contributed by atoms with Crippen LogP contribution in [0.15, 0.2) is 6.07 Å². The zero-order valence-corrected chi connectivity index (χ0v) is 18.0. The molecule has 28 heavy (non-hydrogen) atoms. The quantitative estimate of drug-likeness (QED) is 0.515. The van der Waals surface area contributed by atoms with E-state index in [2.05, 4.69) is 26.8 Å². The molecule has 2 rings (SSSR count). The molecular formula is C19H31N3O5S. The highest BCUT2D eigenvalue weighted by Crippen LogP contribution is 2.27. The van der Waals surface area contributed by atoms with Crippen LogP contribution in [0.3, 0.4) is 0 Å². The summed E-state index contributed by atoms with van der Waals surface area (Å²) in [6.45, 7) is 14.1. The van der Waals surface area contributed by atoms with Crippen LogP contribution in [-0.4, -0.2) is 80.6 Å². The molecule has 0 atom stereocenters. The maximum Gasteiger partial charge on any atom is 0.348 e. The summed E-state index contributed by atoms with van der Waals surface area (Å²) in [5.41, 5.74) is 0.834. The Hall–Kier alpha value is -1.97. The minimum absolute atomic E-state index is 0.0355. The van der Waals surface area contributed by atoms with Crippen molar-refractivity contribution in [2.75, 3.05) is 57.8 Å². The first-order valence-corrected chi connectivity index (χ1v) is 10.3. The third-order valence-corrected chi connectivity index (χ3v) is 5.29. The Balaban J connectivity index is 0.000000696. The van der Waals surface area contributed by atoms with Crippen LogP contribution in [0, 0.1) is 6.92 Å². The molecule has 1 N–H and O–H groups in total. The molecule has 0 aromatic carbocycles. The number of carbonyl (C=O) groups is 3. The van der Waals surface area contributed by atoms with Crippen molar-refractivity contribution >= 4 is 34.7 Å². The van der Waals surface area contributed by atoms with E-state index >= 15 is 0 Å².